The summed E-state index contributed by atoms with van der Waals surface area (Å²) in [7, 11) is 0. The van der Waals surface area contributed by atoms with E-state index in [4.69, 9.17) is 5.11 Å². The maximum atomic E-state index is 13.8. The maximum Gasteiger partial charge on any atom is 0.328 e. The molecule has 4 nitrogen and oxygen atoms in total. The predicted octanol–water partition coefficient (Wildman–Crippen LogP) is 2.42. The molecule has 0 radical (unpaired) electrons. The highest BCUT2D eigenvalue weighted by atomic mass is 19.1. The molecule has 0 aliphatic heterocycles. The number of hydrogen-bond acceptors (Lipinski definition) is 2. The van der Waals surface area contributed by atoms with Crippen LogP contribution < -0.4 is 0 Å². The molecule has 5 heteroatoms. The second-order valence-electron chi connectivity index (χ2n) is 3.78. The molecule has 0 saturated carbocycles. The van der Waals surface area contributed by atoms with E-state index >= 15 is 0 Å². The van der Waals surface area contributed by atoms with Crippen LogP contribution in [0.5, 0.6) is 0 Å². The van der Waals surface area contributed by atoms with Crippen molar-refractivity contribution in [1.82, 2.24) is 9.78 Å². The fourth-order valence-electron chi connectivity index (χ4n) is 1.53. The van der Waals surface area contributed by atoms with Gasteiger partial charge in [0, 0.05) is 12.3 Å². The molecule has 2 aromatic rings. The lowest BCUT2D eigenvalue weighted by atomic mass is 10.2. The third kappa shape index (κ3) is 2.63. The first kappa shape index (κ1) is 12.0. The average molecular weight is 246 g/mol. The monoisotopic (exact) mass is 246 g/mol. The molecule has 0 aliphatic rings. The Morgan fingerprint density at radius 2 is 2.22 bits per heavy atom. The SMILES string of the molecule is Cc1ccn(-c2ccc(C=CC(=O)O)cc2F)n1. The molecule has 1 N–H and O–H groups in total. The Bertz CT molecular complexity index is 617. The highest BCUT2D eigenvalue weighted by Gasteiger charge is 2.05. The largest absolute Gasteiger partial charge is 0.478 e. The number of benzene rings is 1. The Morgan fingerprint density at radius 3 is 2.78 bits per heavy atom. The molecule has 1 aromatic carbocycles. The molecular formula is C13H11FN2O2. The van der Waals surface area contributed by atoms with Gasteiger partial charge in [0.15, 0.2) is 0 Å². The molecule has 18 heavy (non-hydrogen) atoms. The van der Waals surface area contributed by atoms with Gasteiger partial charge in [0.1, 0.15) is 11.5 Å². The third-order valence-corrected chi connectivity index (χ3v) is 2.36. The molecule has 92 valence electrons. The second kappa shape index (κ2) is 4.83. The van der Waals surface area contributed by atoms with E-state index in [-0.39, 0.29) is 0 Å². The standard InChI is InChI=1S/C13H11FN2O2/c1-9-6-7-16(15-9)12-4-2-10(8-11(12)14)3-5-13(17)18/h2-8H,1H3,(H,17,18). The number of hydrogen-bond donors (Lipinski definition) is 1. The van der Waals surface area contributed by atoms with Gasteiger partial charge in [0.2, 0.25) is 0 Å². The molecule has 0 atom stereocenters. The normalized spacial score (nSPS) is 11.0. The lowest BCUT2D eigenvalue weighted by molar-refractivity contribution is -0.131. The molecule has 0 bridgehead atoms. The molecular weight excluding hydrogens is 235 g/mol. The van der Waals surface area contributed by atoms with Crippen molar-refractivity contribution in [1.29, 1.82) is 0 Å². The van der Waals surface area contributed by atoms with E-state index < -0.39 is 11.8 Å². The van der Waals surface area contributed by atoms with Crippen LogP contribution >= 0.6 is 0 Å². The van der Waals surface area contributed by atoms with E-state index in [1.54, 1.807) is 24.4 Å². The van der Waals surface area contributed by atoms with Crippen LogP contribution in [0.15, 0.2) is 36.5 Å². The minimum Gasteiger partial charge on any atom is -0.478 e. The average Bonchev–Trinajstić information content (AvgIpc) is 2.73. The summed E-state index contributed by atoms with van der Waals surface area (Å²) in [6, 6.07) is 6.24. The fraction of sp³-hybridized carbons (Fsp3) is 0.0769. The van der Waals surface area contributed by atoms with E-state index in [9.17, 15) is 9.18 Å². The highest BCUT2D eigenvalue weighted by molar-refractivity contribution is 5.85. The number of nitrogens with zero attached hydrogens (tertiary/aromatic N) is 2. The van der Waals surface area contributed by atoms with Crippen LogP contribution in [-0.2, 0) is 4.79 Å². The van der Waals surface area contributed by atoms with Gasteiger partial charge >= 0.3 is 5.97 Å². The van der Waals surface area contributed by atoms with Gasteiger partial charge in [-0.2, -0.15) is 5.10 Å². The highest BCUT2D eigenvalue weighted by Crippen LogP contribution is 2.15. The Balaban J connectivity index is 2.33. The number of halogens is 1. The van der Waals surface area contributed by atoms with Gasteiger partial charge in [-0.15, -0.1) is 0 Å². The molecule has 0 amide bonds. The molecule has 0 fully saturated rings. The number of carboxylic acid groups (broad SMARTS) is 1. The first-order valence-corrected chi connectivity index (χ1v) is 5.29. The summed E-state index contributed by atoms with van der Waals surface area (Å²) < 4.78 is 15.3. The van der Waals surface area contributed by atoms with Crippen LogP contribution in [0.3, 0.4) is 0 Å². The Labute approximate surface area is 103 Å². The number of aromatic nitrogens is 2. The number of aliphatic carboxylic acids is 1. The zero-order valence-electron chi connectivity index (χ0n) is 9.67. The van der Waals surface area contributed by atoms with Gasteiger partial charge in [-0.05, 0) is 36.8 Å². The van der Waals surface area contributed by atoms with E-state index in [0.717, 1.165) is 11.8 Å². The van der Waals surface area contributed by atoms with Crippen LogP contribution in [0.25, 0.3) is 11.8 Å². The molecule has 0 unspecified atom stereocenters. The second-order valence-corrected chi connectivity index (χ2v) is 3.78. The van der Waals surface area contributed by atoms with Crippen molar-refractivity contribution in [2.75, 3.05) is 0 Å². The summed E-state index contributed by atoms with van der Waals surface area (Å²) in [6.45, 7) is 1.82. The molecule has 1 heterocycles. The smallest absolute Gasteiger partial charge is 0.328 e. The molecule has 1 aromatic heterocycles. The lowest BCUT2D eigenvalue weighted by Crippen LogP contribution is -1.99. The van der Waals surface area contributed by atoms with Gasteiger partial charge in [0.25, 0.3) is 0 Å². The van der Waals surface area contributed by atoms with Gasteiger partial charge in [0.05, 0.1) is 5.69 Å². The fourth-order valence-corrected chi connectivity index (χ4v) is 1.53. The van der Waals surface area contributed by atoms with E-state index in [1.165, 1.54) is 16.8 Å². The number of aryl methyl sites for hydroxylation is 1. The van der Waals surface area contributed by atoms with E-state index in [2.05, 4.69) is 5.10 Å². The summed E-state index contributed by atoms with van der Waals surface area (Å²) in [4.78, 5) is 10.4. The van der Waals surface area contributed by atoms with Crippen molar-refractivity contribution < 1.29 is 14.3 Å². The van der Waals surface area contributed by atoms with Gasteiger partial charge in [-0.3, -0.25) is 0 Å². The molecule has 0 aliphatic carbocycles. The zero-order valence-corrected chi connectivity index (χ0v) is 9.67. The van der Waals surface area contributed by atoms with Crippen molar-refractivity contribution in [2.45, 2.75) is 6.92 Å². The first-order chi connectivity index (χ1) is 8.56. The van der Waals surface area contributed by atoms with Crippen LogP contribution in [0.2, 0.25) is 0 Å². The Hall–Kier alpha value is -2.43. The summed E-state index contributed by atoms with van der Waals surface area (Å²) in [5, 5.41) is 12.6. The van der Waals surface area contributed by atoms with Crippen LogP contribution in [0.1, 0.15) is 11.3 Å². The summed E-state index contributed by atoms with van der Waals surface area (Å²) in [5.74, 6) is -1.52. The minimum absolute atomic E-state index is 0.329. The van der Waals surface area contributed by atoms with Gasteiger partial charge in [-0.1, -0.05) is 6.07 Å². The topological polar surface area (TPSA) is 55.1 Å². The number of rotatable bonds is 3. The number of carbonyl (C=O) groups is 1. The quantitative estimate of drug-likeness (QED) is 0.846. The van der Waals surface area contributed by atoms with E-state index in [1.807, 2.05) is 6.92 Å². The zero-order chi connectivity index (χ0) is 13.1. The Morgan fingerprint density at radius 1 is 1.44 bits per heavy atom. The summed E-state index contributed by atoms with van der Waals surface area (Å²) in [6.07, 6.45) is 3.97. The molecule has 0 spiro atoms. The third-order valence-electron chi connectivity index (χ3n) is 2.36. The molecule has 2 rings (SSSR count). The van der Waals surface area contributed by atoms with E-state index in [0.29, 0.717) is 11.3 Å². The van der Waals surface area contributed by atoms with Crippen LogP contribution in [0.4, 0.5) is 4.39 Å². The van der Waals surface area contributed by atoms with Crippen molar-refractivity contribution in [3.05, 3.63) is 53.6 Å². The minimum atomic E-state index is -1.07. The summed E-state index contributed by atoms with van der Waals surface area (Å²) in [5.41, 5.74) is 1.61. The van der Waals surface area contributed by atoms with Crippen LogP contribution in [-0.4, -0.2) is 20.9 Å². The van der Waals surface area contributed by atoms with Crippen molar-refractivity contribution in [2.24, 2.45) is 0 Å². The first-order valence-electron chi connectivity index (χ1n) is 5.29. The predicted molar refractivity (Wildman–Crippen MR) is 64.9 cm³/mol. The van der Waals surface area contributed by atoms with Gasteiger partial charge in [-0.25, -0.2) is 13.9 Å². The maximum absolute atomic E-state index is 13.8. The van der Waals surface area contributed by atoms with Crippen molar-refractivity contribution in [3.63, 3.8) is 0 Å². The molecule has 0 saturated heterocycles. The van der Waals surface area contributed by atoms with Gasteiger partial charge < -0.3 is 5.11 Å². The summed E-state index contributed by atoms with van der Waals surface area (Å²) >= 11 is 0. The van der Waals surface area contributed by atoms with Crippen molar-refractivity contribution in [3.8, 4) is 5.69 Å². The lowest BCUT2D eigenvalue weighted by Gasteiger charge is -2.04. The Kier molecular flexibility index (Phi) is 3.23. The number of carboxylic acids is 1. The van der Waals surface area contributed by atoms with Crippen molar-refractivity contribution >= 4 is 12.0 Å². The van der Waals surface area contributed by atoms with Crippen LogP contribution in [0, 0.1) is 12.7 Å².